The first-order valence-electron chi connectivity index (χ1n) is 6.68. The van der Waals surface area contributed by atoms with Crippen molar-refractivity contribution in [2.45, 2.75) is 38.6 Å². The Labute approximate surface area is 118 Å². The van der Waals surface area contributed by atoms with E-state index in [1.165, 1.54) is 0 Å². The standard InChI is InChI=1S/C14H19ClN2O2/c1-10-12(5-6-13(15)16-10)14(19)17-8-3-2-4-11(17)7-9-18/h5-6,11,18H,2-4,7-9H2,1H3. The number of aliphatic hydroxyl groups is 1. The number of nitrogens with zero attached hydrogens (tertiary/aromatic N) is 2. The Balaban J connectivity index is 2.21. The van der Waals surface area contributed by atoms with Crippen LogP contribution in [-0.2, 0) is 0 Å². The van der Waals surface area contributed by atoms with E-state index in [1.54, 1.807) is 19.1 Å². The van der Waals surface area contributed by atoms with Gasteiger partial charge >= 0.3 is 0 Å². The Kier molecular flexibility index (Phi) is 4.77. The van der Waals surface area contributed by atoms with Crippen molar-refractivity contribution < 1.29 is 9.90 Å². The summed E-state index contributed by atoms with van der Waals surface area (Å²) in [5.74, 6) is -0.000170. The van der Waals surface area contributed by atoms with Crippen LogP contribution in [0.4, 0.5) is 0 Å². The van der Waals surface area contributed by atoms with Crippen LogP contribution in [0.2, 0.25) is 5.15 Å². The van der Waals surface area contributed by atoms with E-state index in [0.29, 0.717) is 22.8 Å². The minimum atomic E-state index is -0.000170. The number of hydrogen-bond donors (Lipinski definition) is 1. The van der Waals surface area contributed by atoms with Gasteiger partial charge in [-0.25, -0.2) is 4.98 Å². The maximum atomic E-state index is 12.6. The lowest BCUT2D eigenvalue weighted by Gasteiger charge is -2.35. The molecule has 0 spiro atoms. The highest BCUT2D eigenvalue weighted by Crippen LogP contribution is 2.23. The summed E-state index contributed by atoms with van der Waals surface area (Å²) < 4.78 is 0. The van der Waals surface area contributed by atoms with Crippen LogP contribution in [0.5, 0.6) is 0 Å². The number of carbonyl (C=O) groups is 1. The maximum Gasteiger partial charge on any atom is 0.255 e. The number of amides is 1. The first-order chi connectivity index (χ1) is 9.13. The molecule has 1 aromatic heterocycles. The predicted octanol–water partition coefficient (Wildman–Crippen LogP) is 2.42. The van der Waals surface area contributed by atoms with Crippen molar-refractivity contribution in [1.82, 2.24) is 9.88 Å². The Morgan fingerprint density at radius 3 is 3.00 bits per heavy atom. The van der Waals surface area contributed by atoms with Gasteiger partial charge in [-0.1, -0.05) is 11.6 Å². The summed E-state index contributed by atoms with van der Waals surface area (Å²) in [5, 5.41) is 9.51. The molecule has 2 rings (SSSR count). The average Bonchev–Trinajstić information content (AvgIpc) is 2.39. The second-order valence-electron chi connectivity index (χ2n) is 4.93. The van der Waals surface area contributed by atoms with E-state index in [4.69, 9.17) is 16.7 Å². The van der Waals surface area contributed by atoms with E-state index in [-0.39, 0.29) is 18.6 Å². The van der Waals surface area contributed by atoms with Crippen molar-refractivity contribution in [2.75, 3.05) is 13.2 Å². The highest BCUT2D eigenvalue weighted by atomic mass is 35.5. The molecule has 0 bridgehead atoms. The lowest BCUT2D eigenvalue weighted by atomic mass is 9.98. The topological polar surface area (TPSA) is 53.4 Å². The zero-order valence-electron chi connectivity index (χ0n) is 11.1. The van der Waals surface area contributed by atoms with Gasteiger partial charge in [0.05, 0.1) is 11.3 Å². The van der Waals surface area contributed by atoms with Crippen LogP contribution in [0.25, 0.3) is 0 Å². The van der Waals surface area contributed by atoms with Gasteiger partial charge in [-0.3, -0.25) is 4.79 Å². The summed E-state index contributed by atoms with van der Waals surface area (Å²) in [6.07, 6.45) is 3.75. The zero-order chi connectivity index (χ0) is 13.8. The molecule has 0 radical (unpaired) electrons. The molecule has 1 aromatic rings. The van der Waals surface area contributed by atoms with Gasteiger partial charge in [0.2, 0.25) is 0 Å². The van der Waals surface area contributed by atoms with E-state index in [2.05, 4.69) is 4.98 Å². The molecule has 1 unspecified atom stereocenters. The highest BCUT2D eigenvalue weighted by Gasteiger charge is 2.28. The minimum Gasteiger partial charge on any atom is -0.396 e. The van der Waals surface area contributed by atoms with Gasteiger partial charge in [0.1, 0.15) is 5.15 Å². The number of aryl methyl sites for hydroxylation is 1. The van der Waals surface area contributed by atoms with Gasteiger partial charge in [0.15, 0.2) is 0 Å². The summed E-state index contributed by atoms with van der Waals surface area (Å²) in [5.41, 5.74) is 1.26. The molecule has 1 N–H and O–H groups in total. The summed E-state index contributed by atoms with van der Waals surface area (Å²) in [4.78, 5) is 18.6. The Morgan fingerprint density at radius 2 is 2.32 bits per heavy atom. The number of likely N-dealkylation sites (tertiary alicyclic amines) is 1. The lowest BCUT2D eigenvalue weighted by molar-refractivity contribution is 0.0573. The van der Waals surface area contributed by atoms with E-state index >= 15 is 0 Å². The molecular weight excluding hydrogens is 264 g/mol. The number of pyridine rings is 1. The number of halogens is 1. The van der Waals surface area contributed by atoms with Gasteiger partial charge < -0.3 is 10.0 Å². The number of hydrogen-bond acceptors (Lipinski definition) is 3. The average molecular weight is 283 g/mol. The van der Waals surface area contributed by atoms with Gasteiger partial charge in [-0.05, 0) is 44.7 Å². The molecule has 5 heteroatoms. The van der Waals surface area contributed by atoms with Crippen LogP contribution in [0.1, 0.15) is 41.7 Å². The molecule has 1 aliphatic heterocycles. The van der Waals surface area contributed by atoms with Crippen LogP contribution in [0.3, 0.4) is 0 Å². The molecule has 1 atom stereocenters. The smallest absolute Gasteiger partial charge is 0.255 e. The molecule has 1 fully saturated rings. The van der Waals surface area contributed by atoms with Gasteiger partial charge in [-0.15, -0.1) is 0 Å². The van der Waals surface area contributed by atoms with Crippen LogP contribution >= 0.6 is 11.6 Å². The normalized spacial score (nSPS) is 19.5. The number of piperidine rings is 1. The van der Waals surface area contributed by atoms with Crippen molar-refractivity contribution in [3.05, 3.63) is 28.5 Å². The number of rotatable bonds is 3. The van der Waals surface area contributed by atoms with Crippen LogP contribution in [0.15, 0.2) is 12.1 Å². The molecule has 19 heavy (non-hydrogen) atoms. The lowest BCUT2D eigenvalue weighted by Crippen LogP contribution is -2.44. The molecule has 1 amide bonds. The van der Waals surface area contributed by atoms with E-state index in [9.17, 15) is 4.79 Å². The van der Waals surface area contributed by atoms with Crippen molar-refractivity contribution in [3.8, 4) is 0 Å². The second-order valence-corrected chi connectivity index (χ2v) is 5.31. The molecule has 2 heterocycles. The van der Waals surface area contributed by atoms with Crippen LogP contribution < -0.4 is 0 Å². The fourth-order valence-corrected chi connectivity index (χ4v) is 2.82. The first-order valence-corrected chi connectivity index (χ1v) is 7.06. The monoisotopic (exact) mass is 282 g/mol. The van der Waals surface area contributed by atoms with Crippen LogP contribution in [0, 0.1) is 6.92 Å². The number of aliphatic hydroxyl groups excluding tert-OH is 1. The van der Waals surface area contributed by atoms with E-state index < -0.39 is 0 Å². The predicted molar refractivity (Wildman–Crippen MR) is 74.4 cm³/mol. The van der Waals surface area contributed by atoms with Crippen molar-refractivity contribution in [3.63, 3.8) is 0 Å². The molecule has 0 saturated carbocycles. The molecule has 1 saturated heterocycles. The number of carbonyl (C=O) groups excluding carboxylic acids is 1. The minimum absolute atomic E-state index is 0.000170. The summed E-state index contributed by atoms with van der Waals surface area (Å²) >= 11 is 5.82. The van der Waals surface area contributed by atoms with Crippen molar-refractivity contribution >= 4 is 17.5 Å². The fraction of sp³-hybridized carbons (Fsp3) is 0.571. The fourth-order valence-electron chi connectivity index (χ4n) is 2.63. The van der Waals surface area contributed by atoms with Crippen molar-refractivity contribution in [2.24, 2.45) is 0 Å². The van der Waals surface area contributed by atoms with Gasteiger partial charge in [0, 0.05) is 19.2 Å². The molecule has 0 aliphatic carbocycles. The van der Waals surface area contributed by atoms with Crippen LogP contribution in [-0.4, -0.2) is 40.1 Å². The third-order valence-electron chi connectivity index (χ3n) is 3.63. The van der Waals surface area contributed by atoms with E-state index in [0.717, 1.165) is 25.8 Å². The third-order valence-corrected chi connectivity index (χ3v) is 3.84. The summed E-state index contributed by atoms with van der Waals surface area (Å²) in [7, 11) is 0. The Morgan fingerprint density at radius 1 is 1.53 bits per heavy atom. The number of aromatic nitrogens is 1. The quantitative estimate of drug-likeness (QED) is 0.866. The molecular formula is C14H19ClN2O2. The maximum absolute atomic E-state index is 12.6. The first kappa shape index (κ1) is 14.3. The molecule has 1 aliphatic rings. The summed E-state index contributed by atoms with van der Waals surface area (Å²) in [6.45, 7) is 2.67. The molecule has 104 valence electrons. The summed E-state index contributed by atoms with van der Waals surface area (Å²) in [6, 6.07) is 3.52. The second kappa shape index (κ2) is 6.35. The largest absolute Gasteiger partial charge is 0.396 e. The van der Waals surface area contributed by atoms with Gasteiger partial charge in [-0.2, -0.15) is 0 Å². The Hall–Kier alpha value is -1.13. The van der Waals surface area contributed by atoms with Crippen molar-refractivity contribution in [1.29, 1.82) is 0 Å². The Bertz CT molecular complexity index is 463. The van der Waals surface area contributed by atoms with E-state index in [1.807, 2.05) is 4.90 Å². The SMILES string of the molecule is Cc1nc(Cl)ccc1C(=O)N1CCCCC1CCO. The molecule has 0 aromatic carbocycles. The zero-order valence-corrected chi connectivity index (χ0v) is 11.9. The third kappa shape index (κ3) is 3.25. The molecule has 4 nitrogen and oxygen atoms in total. The van der Waals surface area contributed by atoms with Gasteiger partial charge in [0.25, 0.3) is 5.91 Å². The highest BCUT2D eigenvalue weighted by molar-refractivity contribution is 6.29.